The lowest BCUT2D eigenvalue weighted by molar-refractivity contribution is -0.495. The van der Waals surface area contributed by atoms with Crippen molar-refractivity contribution in [3.63, 3.8) is 0 Å². The molecular weight excluding hydrogens is 167 g/mol. The molecule has 65 valence electrons. The molecule has 2 rings (SSSR count). The van der Waals surface area contributed by atoms with Crippen LogP contribution in [0, 0.1) is 5.92 Å². The number of hydrogen-bond donors (Lipinski definition) is 1. The number of rotatable bonds is 2. The molecule has 1 aliphatic heterocycles. The lowest BCUT2D eigenvalue weighted by Crippen LogP contribution is -2.13. The molecule has 1 N–H and O–H groups in total. The van der Waals surface area contributed by atoms with Crippen molar-refractivity contribution in [1.29, 1.82) is 0 Å². The van der Waals surface area contributed by atoms with Crippen LogP contribution in [-0.4, -0.2) is 36.4 Å². The van der Waals surface area contributed by atoms with E-state index in [-0.39, 0.29) is 5.92 Å². The predicted octanol–water partition coefficient (Wildman–Crippen LogP) is -0.318. The monoisotopic (exact) mass is 176 g/mol. The molecule has 4 nitrogen and oxygen atoms in total. The van der Waals surface area contributed by atoms with Gasteiger partial charge in [0.15, 0.2) is 13.3 Å². The van der Waals surface area contributed by atoms with E-state index in [0.29, 0.717) is 13.4 Å². The molecule has 0 aromatic heterocycles. The first-order chi connectivity index (χ1) is 6.29. The Labute approximate surface area is 76.8 Å². The van der Waals surface area contributed by atoms with E-state index in [1.165, 1.54) is 0 Å². The van der Waals surface area contributed by atoms with E-state index in [9.17, 15) is 0 Å². The van der Waals surface area contributed by atoms with Gasteiger partial charge in [-0.1, -0.05) is 4.68 Å². The van der Waals surface area contributed by atoms with Crippen LogP contribution >= 0.6 is 0 Å². The van der Waals surface area contributed by atoms with Crippen molar-refractivity contribution in [2.24, 2.45) is 11.0 Å². The maximum absolute atomic E-state index is 8.44. The van der Waals surface area contributed by atoms with E-state index in [1.54, 1.807) is 10.8 Å². The molecule has 2 aliphatic rings. The third-order valence-corrected chi connectivity index (χ3v) is 1.94. The van der Waals surface area contributed by atoms with Crippen molar-refractivity contribution in [2.75, 3.05) is 7.05 Å². The van der Waals surface area contributed by atoms with Crippen LogP contribution in [0.4, 0.5) is 0 Å². The SMILES string of the molecule is C[N+]1=CC2C=C(O[B]O)C=CC2=N1. The number of nitrogens with zero attached hydrogens (tertiary/aromatic N) is 2. The zero-order valence-corrected chi connectivity index (χ0v) is 7.21. The Morgan fingerprint density at radius 2 is 2.46 bits per heavy atom. The van der Waals surface area contributed by atoms with E-state index >= 15 is 0 Å². The van der Waals surface area contributed by atoms with Gasteiger partial charge < -0.3 is 9.68 Å². The maximum Gasteiger partial charge on any atom is 0.569 e. The topological polar surface area (TPSA) is 44.8 Å². The highest BCUT2D eigenvalue weighted by molar-refractivity contribution is 6.17. The minimum absolute atomic E-state index is 0.171. The van der Waals surface area contributed by atoms with Crippen LogP contribution in [-0.2, 0) is 4.65 Å². The summed E-state index contributed by atoms with van der Waals surface area (Å²) < 4.78 is 6.61. The van der Waals surface area contributed by atoms with Gasteiger partial charge in [-0.3, -0.25) is 0 Å². The summed E-state index contributed by atoms with van der Waals surface area (Å²) >= 11 is 0. The van der Waals surface area contributed by atoms with Gasteiger partial charge in [-0.15, -0.1) is 0 Å². The van der Waals surface area contributed by atoms with E-state index < -0.39 is 0 Å². The van der Waals surface area contributed by atoms with Crippen LogP contribution in [0.5, 0.6) is 0 Å². The second-order valence-electron chi connectivity index (χ2n) is 2.90. The van der Waals surface area contributed by atoms with Crippen molar-refractivity contribution in [3.05, 3.63) is 24.0 Å². The fourth-order valence-corrected chi connectivity index (χ4v) is 1.40. The lowest BCUT2D eigenvalue weighted by Gasteiger charge is -2.08. The van der Waals surface area contributed by atoms with Gasteiger partial charge in [0.2, 0.25) is 0 Å². The Kier molecular flexibility index (Phi) is 2.02. The molecule has 0 fully saturated rings. The van der Waals surface area contributed by atoms with E-state index in [2.05, 4.69) is 5.10 Å². The summed E-state index contributed by atoms with van der Waals surface area (Å²) in [7, 11) is 2.56. The molecule has 1 atom stereocenters. The predicted molar refractivity (Wildman–Crippen MR) is 49.5 cm³/mol. The van der Waals surface area contributed by atoms with E-state index in [1.807, 2.05) is 25.4 Å². The second-order valence-corrected chi connectivity index (χ2v) is 2.90. The van der Waals surface area contributed by atoms with Crippen LogP contribution < -0.4 is 0 Å². The highest BCUT2D eigenvalue weighted by Crippen LogP contribution is 2.16. The van der Waals surface area contributed by atoms with Gasteiger partial charge >= 0.3 is 7.69 Å². The van der Waals surface area contributed by atoms with Gasteiger partial charge in [0.25, 0.3) is 0 Å². The number of hydrazone groups is 1. The van der Waals surface area contributed by atoms with Gasteiger partial charge in [-0.25, -0.2) is 0 Å². The molecule has 0 saturated heterocycles. The van der Waals surface area contributed by atoms with Crippen LogP contribution in [0.1, 0.15) is 0 Å². The first-order valence-corrected chi connectivity index (χ1v) is 3.98. The average Bonchev–Trinajstić information content (AvgIpc) is 2.44. The van der Waals surface area contributed by atoms with Gasteiger partial charge in [0.1, 0.15) is 11.6 Å². The summed E-state index contributed by atoms with van der Waals surface area (Å²) in [5.74, 6) is 0.808. The maximum atomic E-state index is 8.44. The quantitative estimate of drug-likeness (QED) is 0.463. The standard InChI is InChI=1S/C8H9BN2O2/c1-11-5-6-4-7(13-9-12)2-3-8(6)10-11/h2-6,12H,1H3/q+1. The molecule has 1 aliphatic carbocycles. The van der Waals surface area contributed by atoms with Crippen LogP contribution in [0.15, 0.2) is 29.1 Å². The van der Waals surface area contributed by atoms with E-state index in [0.717, 1.165) is 5.71 Å². The van der Waals surface area contributed by atoms with Gasteiger partial charge in [-0.05, 0) is 23.3 Å². The van der Waals surface area contributed by atoms with Crippen molar-refractivity contribution in [3.8, 4) is 0 Å². The van der Waals surface area contributed by atoms with Gasteiger partial charge in [0.05, 0.1) is 5.76 Å². The van der Waals surface area contributed by atoms with Crippen LogP contribution in [0.25, 0.3) is 0 Å². The minimum atomic E-state index is 0.171. The van der Waals surface area contributed by atoms with Crippen LogP contribution in [0.3, 0.4) is 0 Å². The third kappa shape index (κ3) is 1.55. The molecule has 1 radical (unpaired) electrons. The Morgan fingerprint density at radius 1 is 1.62 bits per heavy atom. The zero-order valence-electron chi connectivity index (χ0n) is 7.21. The molecule has 0 amide bonds. The molecule has 5 heteroatoms. The Morgan fingerprint density at radius 3 is 3.23 bits per heavy atom. The van der Waals surface area contributed by atoms with Crippen molar-refractivity contribution in [1.82, 2.24) is 0 Å². The normalized spacial score (nSPS) is 24.5. The molecule has 1 heterocycles. The van der Waals surface area contributed by atoms with Crippen molar-refractivity contribution in [2.45, 2.75) is 0 Å². The molecule has 13 heavy (non-hydrogen) atoms. The molecule has 0 saturated carbocycles. The summed E-state index contributed by atoms with van der Waals surface area (Å²) in [5.41, 5.74) is 0.993. The first kappa shape index (κ1) is 8.25. The first-order valence-electron chi connectivity index (χ1n) is 3.98. The Balaban J connectivity index is 2.20. The van der Waals surface area contributed by atoms with Crippen molar-refractivity contribution < 1.29 is 14.4 Å². The summed E-state index contributed by atoms with van der Waals surface area (Å²) in [5, 5.41) is 12.7. The molecule has 0 bridgehead atoms. The highest BCUT2D eigenvalue weighted by atomic mass is 16.5. The highest BCUT2D eigenvalue weighted by Gasteiger charge is 2.25. The number of hydrogen-bond acceptors (Lipinski definition) is 3. The average molecular weight is 176 g/mol. The largest absolute Gasteiger partial charge is 0.569 e. The minimum Gasteiger partial charge on any atom is -0.538 e. The summed E-state index contributed by atoms with van der Waals surface area (Å²) in [6.45, 7) is 0. The fraction of sp³-hybridized carbons (Fsp3) is 0.250. The number of fused-ring (bicyclic) bond motifs is 1. The second kappa shape index (κ2) is 3.18. The van der Waals surface area contributed by atoms with Gasteiger partial charge in [-0.2, -0.15) is 0 Å². The Bertz CT molecular complexity index is 344. The summed E-state index contributed by atoms with van der Waals surface area (Å²) in [6.07, 6.45) is 7.52. The molecule has 0 aromatic carbocycles. The third-order valence-electron chi connectivity index (χ3n) is 1.94. The summed E-state index contributed by atoms with van der Waals surface area (Å²) in [4.78, 5) is 0. The lowest BCUT2D eigenvalue weighted by atomic mass is 9.99. The Hall–Kier alpha value is -1.36. The zero-order chi connectivity index (χ0) is 9.26. The van der Waals surface area contributed by atoms with E-state index in [4.69, 9.17) is 9.68 Å². The molecule has 0 aromatic rings. The molecular formula is C8H9BN2O2+. The van der Waals surface area contributed by atoms with Gasteiger partial charge in [0, 0.05) is 0 Å². The smallest absolute Gasteiger partial charge is 0.538 e. The fourth-order valence-electron chi connectivity index (χ4n) is 1.40. The number of allylic oxidation sites excluding steroid dienone is 3. The van der Waals surface area contributed by atoms with Crippen molar-refractivity contribution >= 4 is 19.6 Å². The summed E-state index contributed by atoms with van der Waals surface area (Å²) in [6, 6.07) is 0. The molecule has 1 unspecified atom stereocenters. The van der Waals surface area contributed by atoms with Crippen LogP contribution in [0.2, 0.25) is 0 Å². The molecule has 0 spiro atoms.